The molecule has 0 aliphatic heterocycles. The van der Waals surface area contributed by atoms with E-state index in [1.54, 1.807) is 48.5 Å². The number of carbonyl (C=O) groups is 2. The van der Waals surface area contributed by atoms with Crippen LogP contribution in [0.3, 0.4) is 0 Å². The van der Waals surface area contributed by atoms with Gasteiger partial charge < -0.3 is 21.5 Å². The van der Waals surface area contributed by atoms with E-state index in [4.69, 9.17) is 16.2 Å². The van der Waals surface area contributed by atoms with Gasteiger partial charge in [-0.05, 0) is 61.2 Å². The highest BCUT2D eigenvalue weighted by atomic mass is 16.5. The minimum Gasteiger partial charge on any atom is -0.457 e. The molecule has 0 aromatic heterocycles. The molecule has 1 aliphatic carbocycles. The monoisotopic (exact) mass is 381 g/mol. The first-order valence-corrected chi connectivity index (χ1v) is 9.68. The zero-order chi connectivity index (χ0) is 20.0. The van der Waals surface area contributed by atoms with Gasteiger partial charge in [-0.3, -0.25) is 9.59 Å². The van der Waals surface area contributed by atoms with Gasteiger partial charge in [-0.1, -0.05) is 31.4 Å². The highest BCUT2D eigenvalue weighted by Crippen LogP contribution is 2.38. The molecule has 6 nitrogen and oxygen atoms in total. The fourth-order valence-corrected chi connectivity index (χ4v) is 3.79. The van der Waals surface area contributed by atoms with Crippen LogP contribution in [0.15, 0.2) is 48.5 Å². The number of hydrogen-bond donors (Lipinski definition) is 3. The Morgan fingerprint density at radius 3 is 2.32 bits per heavy atom. The Morgan fingerprint density at radius 1 is 1.00 bits per heavy atom. The lowest BCUT2D eigenvalue weighted by Crippen LogP contribution is -2.36. The second-order valence-electron chi connectivity index (χ2n) is 7.48. The zero-order valence-electron chi connectivity index (χ0n) is 15.9. The summed E-state index contributed by atoms with van der Waals surface area (Å²) in [6.07, 6.45) is 6.00. The molecule has 0 spiro atoms. The van der Waals surface area contributed by atoms with Gasteiger partial charge in [-0.2, -0.15) is 0 Å². The smallest absolute Gasteiger partial charge is 0.252 e. The van der Waals surface area contributed by atoms with Crippen molar-refractivity contribution in [1.82, 2.24) is 0 Å². The van der Waals surface area contributed by atoms with Crippen LogP contribution in [0.2, 0.25) is 0 Å². The van der Waals surface area contributed by atoms with Crippen molar-refractivity contribution in [3.63, 3.8) is 0 Å². The van der Waals surface area contributed by atoms with E-state index < -0.39 is 5.91 Å². The summed E-state index contributed by atoms with van der Waals surface area (Å²) in [6.45, 7) is 0.548. The molecule has 0 bridgehead atoms. The highest BCUT2D eigenvalue weighted by Gasteiger charge is 2.32. The SMILES string of the molecule is NCC1(CC(=O)Nc2ccc(Oc3ccccc3C(N)=O)cc2)CCCCC1. The van der Waals surface area contributed by atoms with E-state index in [1.807, 2.05) is 0 Å². The number of nitrogens with two attached hydrogens (primary N) is 2. The third-order valence-corrected chi connectivity index (χ3v) is 5.40. The van der Waals surface area contributed by atoms with Crippen LogP contribution in [-0.4, -0.2) is 18.4 Å². The summed E-state index contributed by atoms with van der Waals surface area (Å²) in [6, 6.07) is 13.8. The maximum absolute atomic E-state index is 12.5. The molecule has 5 N–H and O–H groups in total. The third kappa shape index (κ3) is 4.89. The Balaban J connectivity index is 1.61. The van der Waals surface area contributed by atoms with Crippen LogP contribution in [0.1, 0.15) is 48.9 Å². The molecule has 148 valence electrons. The number of benzene rings is 2. The van der Waals surface area contributed by atoms with E-state index >= 15 is 0 Å². The van der Waals surface area contributed by atoms with Crippen molar-refractivity contribution in [3.8, 4) is 11.5 Å². The van der Waals surface area contributed by atoms with Gasteiger partial charge in [-0.25, -0.2) is 0 Å². The molecule has 2 aromatic carbocycles. The molecule has 0 saturated heterocycles. The lowest BCUT2D eigenvalue weighted by molar-refractivity contribution is -0.118. The van der Waals surface area contributed by atoms with Crippen molar-refractivity contribution in [1.29, 1.82) is 0 Å². The first kappa shape index (κ1) is 19.9. The standard InChI is InChI=1S/C22H27N3O3/c23-15-22(12-4-1-5-13-22)14-20(26)25-16-8-10-17(11-9-16)28-19-7-3-2-6-18(19)21(24)27/h2-3,6-11H,1,4-5,12-15,23H2,(H2,24,27)(H,25,26). The van der Waals surface area contributed by atoms with Crippen molar-refractivity contribution < 1.29 is 14.3 Å². The number of carbonyl (C=O) groups excluding carboxylic acids is 2. The maximum Gasteiger partial charge on any atom is 0.252 e. The van der Waals surface area contributed by atoms with Crippen molar-refractivity contribution in [2.24, 2.45) is 16.9 Å². The Bertz CT molecular complexity index is 827. The van der Waals surface area contributed by atoms with Gasteiger partial charge in [0.15, 0.2) is 0 Å². The number of primary amides is 1. The van der Waals surface area contributed by atoms with Crippen LogP contribution in [0, 0.1) is 5.41 Å². The average molecular weight is 381 g/mol. The summed E-state index contributed by atoms with van der Waals surface area (Å²) in [5.74, 6) is 0.391. The predicted octanol–water partition coefficient (Wildman–Crippen LogP) is 3.82. The number of amides is 2. The molecule has 0 atom stereocenters. The number of hydrogen-bond acceptors (Lipinski definition) is 4. The molecule has 28 heavy (non-hydrogen) atoms. The largest absolute Gasteiger partial charge is 0.457 e. The molecule has 1 aliphatic rings. The topological polar surface area (TPSA) is 107 Å². The van der Waals surface area contributed by atoms with Crippen LogP contribution in [0.25, 0.3) is 0 Å². The Morgan fingerprint density at radius 2 is 1.68 bits per heavy atom. The highest BCUT2D eigenvalue weighted by molar-refractivity contribution is 5.95. The molecule has 0 unspecified atom stereocenters. The van der Waals surface area contributed by atoms with E-state index in [-0.39, 0.29) is 11.3 Å². The van der Waals surface area contributed by atoms with Gasteiger partial charge >= 0.3 is 0 Å². The zero-order valence-corrected chi connectivity index (χ0v) is 15.9. The number of ether oxygens (including phenoxy) is 1. The second kappa shape index (κ2) is 8.89. The number of para-hydroxylation sites is 1. The minimum atomic E-state index is -0.545. The first-order chi connectivity index (χ1) is 13.5. The Kier molecular flexibility index (Phi) is 6.31. The van der Waals surface area contributed by atoms with Gasteiger partial charge in [0.2, 0.25) is 5.91 Å². The lowest BCUT2D eigenvalue weighted by atomic mass is 9.71. The molecule has 0 heterocycles. The summed E-state index contributed by atoms with van der Waals surface area (Å²) >= 11 is 0. The van der Waals surface area contributed by atoms with E-state index in [1.165, 1.54) is 6.42 Å². The van der Waals surface area contributed by atoms with Gasteiger partial charge in [0.25, 0.3) is 5.91 Å². The molecule has 0 radical (unpaired) electrons. The van der Waals surface area contributed by atoms with Crippen LogP contribution in [0.4, 0.5) is 5.69 Å². The summed E-state index contributed by atoms with van der Waals surface area (Å²) in [5, 5.41) is 2.94. The van der Waals surface area contributed by atoms with Crippen LogP contribution >= 0.6 is 0 Å². The summed E-state index contributed by atoms with van der Waals surface area (Å²) < 4.78 is 5.76. The van der Waals surface area contributed by atoms with Crippen molar-refractivity contribution >= 4 is 17.5 Å². The Hall–Kier alpha value is -2.86. The number of rotatable bonds is 7. The van der Waals surface area contributed by atoms with Crippen molar-refractivity contribution in [2.75, 3.05) is 11.9 Å². The first-order valence-electron chi connectivity index (χ1n) is 9.68. The fourth-order valence-electron chi connectivity index (χ4n) is 3.79. The Labute approximate surface area is 165 Å². The summed E-state index contributed by atoms with van der Waals surface area (Å²) in [4.78, 5) is 24.0. The van der Waals surface area contributed by atoms with E-state index in [2.05, 4.69) is 5.32 Å². The molecular formula is C22H27N3O3. The summed E-state index contributed by atoms with van der Waals surface area (Å²) in [5.41, 5.74) is 12.3. The van der Waals surface area contributed by atoms with Gasteiger partial charge in [0, 0.05) is 12.1 Å². The maximum atomic E-state index is 12.5. The van der Waals surface area contributed by atoms with Crippen LogP contribution < -0.4 is 21.5 Å². The van der Waals surface area contributed by atoms with Gasteiger partial charge in [-0.15, -0.1) is 0 Å². The van der Waals surface area contributed by atoms with E-state index in [9.17, 15) is 9.59 Å². The molecule has 3 rings (SSSR count). The average Bonchev–Trinajstić information content (AvgIpc) is 2.70. The fraction of sp³-hybridized carbons (Fsp3) is 0.364. The number of nitrogens with one attached hydrogen (secondary N) is 1. The van der Waals surface area contributed by atoms with Crippen molar-refractivity contribution in [2.45, 2.75) is 38.5 Å². The van der Waals surface area contributed by atoms with Crippen LogP contribution in [-0.2, 0) is 4.79 Å². The minimum absolute atomic E-state index is 0.0138. The molecule has 6 heteroatoms. The summed E-state index contributed by atoms with van der Waals surface area (Å²) in [7, 11) is 0. The lowest BCUT2D eigenvalue weighted by Gasteiger charge is -2.35. The third-order valence-electron chi connectivity index (χ3n) is 5.40. The van der Waals surface area contributed by atoms with Crippen LogP contribution in [0.5, 0.6) is 11.5 Å². The molecule has 2 aromatic rings. The molecule has 1 fully saturated rings. The quantitative estimate of drug-likeness (QED) is 0.677. The molecular weight excluding hydrogens is 354 g/mol. The second-order valence-corrected chi connectivity index (χ2v) is 7.48. The molecule has 2 amide bonds. The van der Waals surface area contributed by atoms with Crippen molar-refractivity contribution in [3.05, 3.63) is 54.1 Å². The number of anilines is 1. The normalized spacial score (nSPS) is 15.6. The van der Waals surface area contributed by atoms with Gasteiger partial charge in [0.05, 0.1) is 5.56 Å². The van der Waals surface area contributed by atoms with Gasteiger partial charge in [0.1, 0.15) is 11.5 Å². The predicted molar refractivity (Wildman–Crippen MR) is 109 cm³/mol. The van der Waals surface area contributed by atoms with E-state index in [0.717, 1.165) is 25.7 Å². The van der Waals surface area contributed by atoms with E-state index in [0.29, 0.717) is 35.7 Å². The molecule has 1 saturated carbocycles.